The third-order valence-corrected chi connectivity index (χ3v) is 1.79. The summed E-state index contributed by atoms with van der Waals surface area (Å²) in [6.45, 7) is 7.54. The second-order valence-electron chi connectivity index (χ2n) is 3.54. The largest absolute Gasteiger partial charge is 0.302 e. The third-order valence-electron chi connectivity index (χ3n) is 1.79. The lowest BCUT2D eigenvalue weighted by atomic mass is 10.1. The number of nitriles is 1. The van der Waals surface area contributed by atoms with Crippen LogP contribution in [0.5, 0.6) is 0 Å². The lowest BCUT2D eigenvalue weighted by molar-refractivity contribution is 0.233. The minimum absolute atomic E-state index is 0.391. The van der Waals surface area contributed by atoms with Gasteiger partial charge in [-0.15, -0.1) is 0 Å². The van der Waals surface area contributed by atoms with Crippen LogP contribution in [0.1, 0.15) is 27.2 Å². The van der Waals surface area contributed by atoms with Crippen LogP contribution in [0.25, 0.3) is 0 Å². The summed E-state index contributed by atoms with van der Waals surface area (Å²) < 4.78 is 0. The Morgan fingerprint density at radius 2 is 1.91 bits per heavy atom. The first-order valence-corrected chi connectivity index (χ1v) is 4.15. The number of nitrogens with zero attached hydrogens (tertiary/aromatic N) is 2. The molecule has 2 heteroatoms. The van der Waals surface area contributed by atoms with E-state index < -0.39 is 0 Å². The van der Waals surface area contributed by atoms with E-state index in [1.54, 1.807) is 0 Å². The molecule has 0 aromatic carbocycles. The van der Waals surface area contributed by atoms with Crippen molar-refractivity contribution in [1.29, 1.82) is 5.26 Å². The van der Waals surface area contributed by atoms with Crippen molar-refractivity contribution in [3.63, 3.8) is 0 Å². The van der Waals surface area contributed by atoms with Crippen LogP contribution in [0.4, 0.5) is 0 Å². The maximum absolute atomic E-state index is 8.44. The van der Waals surface area contributed by atoms with Gasteiger partial charge in [0.15, 0.2) is 0 Å². The van der Waals surface area contributed by atoms with Crippen LogP contribution in [-0.4, -0.2) is 24.5 Å². The Kier molecular flexibility index (Phi) is 4.89. The smallest absolute Gasteiger partial charge is 0.0638 e. The maximum atomic E-state index is 8.44. The standard InChI is InChI=1S/C9H18N2/c1-8(2)7-11(4)9(3)5-6-10/h8-9H,5,7H2,1-4H3. The third kappa shape index (κ3) is 4.80. The Hall–Kier alpha value is -0.550. The van der Waals surface area contributed by atoms with Crippen LogP contribution in [0.2, 0.25) is 0 Å². The highest BCUT2D eigenvalue weighted by Crippen LogP contribution is 2.03. The second-order valence-corrected chi connectivity index (χ2v) is 3.54. The Bertz CT molecular complexity index is 135. The minimum atomic E-state index is 0.391. The minimum Gasteiger partial charge on any atom is -0.302 e. The molecular weight excluding hydrogens is 136 g/mol. The fraction of sp³-hybridized carbons (Fsp3) is 0.889. The lowest BCUT2D eigenvalue weighted by Gasteiger charge is -2.24. The van der Waals surface area contributed by atoms with E-state index in [0.29, 0.717) is 18.4 Å². The van der Waals surface area contributed by atoms with E-state index in [1.165, 1.54) is 0 Å². The van der Waals surface area contributed by atoms with Crippen LogP contribution < -0.4 is 0 Å². The van der Waals surface area contributed by atoms with Crippen molar-refractivity contribution in [3.8, 4) is 6.07 Å². The van der Waals surface area contributed by atoms with E-state index in [9.17, 15) is 0 Å². The fourth-order valence-electron chi connectivity index (χ4n) is 1.04. The molecule has 0 aliphatic heterocycles. The molecule has 0 rings (SSSR count). The molecule has 64 valence electrons. The van der Waals surface area contributed by atoms with Gasteiger partial charge < -0.3 is 4.90 Å². The summed E-state index contributed by atoms with van der Waals surface area (Å²) in [6.07, 6.45) is 0.628. The Morgan fingerprint density at radius 1 is 1.36 bits per heavy atom. The van der Waals surface area contributed by atoms with Crippen LogP contribution in [-0.2, 0) is 0 Å². The molecule has 0 aromatic heterocycles. The molecule has 0 aliphatic rings. The number of hydrogen-bond acceptors (Lipinski definition) is 2. The van der Waals surface area contributed by atoms with E-state index in [4.69, 9.17) is 5.26 Å². The zero-order chi connectivity index (χ0) is 8.85. The van der Waals surface area contributed by atoms with Crippen molar-refractivity contribution >= 4 is 0 Å². The van der Waals surface area contributed by atoms with Gasteiger partial charge in [0.1, 0.15) is 0 Å². The lowest BCUT2D eigenvalue weighted by Crippen LogP contribution is -2.31. The van der Waals surface area contributed by atoms with Crippen LogP contribution in [0, 0.1) is 17.2 Å². The molecule has 1 atom stereocenters. The van der Waals surface area contributed by atoms with E-state index in [1.807, 2.05) is 0 Å². The highest BCUT2D eigenvalue weighted by molar-refractivity contribution is 4.78. The normalized spacial score (nSPS) is 13.5. The number of hydrogen-bond donors (Lipinski definition) is 0. The molecule has 11 heavy (non-hydrogen) atoms. The van der Waals surface area contributed by atoms with Crippen LogP contribution in [0.15, 0.2) is 0 Å². The van der Waals surface area contributed by atoms with Gasteiger partial charge in [-0.1, -0.05) is 13.8 Å². The van der Waals surface area contributed by atoms with E-state index in [-0.39, 0.29) is 0 Å². The van der Waals surface area contributed by atoms with Crippen molar-refractivity contribution in [1.82, 2.24) is 4.90 Å². The van der Waals surface area contributed by atoms with Crippen molar-refractivity contribution in [2.24, 2.45) is 5.92 Å². The molecule has 0 amide bonds. The first-order chi connectivity index (χ1) is 5.07. The van der Waals surface area contributed by atoms with Gasteiger partial charge >= 0.3 is 0 Å². The topological polar surface area (TPSA) is 27.0 Å². The summed E-state index contributed by atoms with van der Waals surface area (Å²) in [6, 6.07) is 2.57. The predicted octanol–water partition coefficient (Wildman–Crippen LogP) is 1.88. The molecule has 0 N–H and O–H groups in total. The molecule has 1 unspecified atom stereocenters. The average Bonchev–Trinajstić information content (AvgIpc) is 1.86. The van der Waals surface area contributed by atoms with Crippen LogP contribution >= 0.6 is 0 Å². The van der Waals surface area contributed by atoms with Crippen molar-refractivity contribution in [3.05, 3.63) is 0 Å². The molecule has 0 heterocycles. The van der Waals surface area contributed by atoms with Crippen molar-refractivity contribution in [2.75, 3.05) is 13.6 Å². The summed E-state index contributed by atoms with van der Waals surface area (Å²) in [4.78, 5) is 2.23. The molecule has 0 aliphatic carbocycles. The van der Waals surface area contributed by atoms with E-state index in [2.05, 4.69) is 38.8 Å². The monoisotopic (exact) mass is 154 g/mol. The van der Waals surface area contributed by atoms with Gasteiger partial charge in [0.25, 0.3) is 0 Å². The molecule has 0 spiro atoms. The Balaban J connectivity index is 3.65. The quantitative estimate of drug-likeness (QED) is 0.618. The molecular formula is C9H18N2. The Labute approximate surface area is 69.8 Å². The predicted molar refractivity (Wildman–Crippen MR) is 47.2 cm³/mol. The molecule has 2 nitrogen and oxygen atoms in total. The first kappa shape index (κ1) is 10.4. The highest BCUT2D eigenvalue weighted by Gasteiger charge is 2.08. The maximum Gasteiger partial charge on any atom is 0.0638 e. The molecule has 0 radical (unpaired) electrons. The van der Waals surface area contributed by atoms with Gasteiger partial charge in [-0.05, 0) is 19.9 Å². The zero-order valence-corrected chi connectivity index (χ0v) is 7.96. The van der Waals surface area contributed by atoms with Gasteiger partial charge in [-0.3, -0.25) is 0 Å². The van der Waals surface area contributed by atoms with E-state index >= 15 is 0 Å². The highest BCUT2D eigenvalue weighted by atomic mass is 15.1. The Morgan fingerprint density at radius 3 is 2.27 bits per heavy atom. The molecule has 0 aromatic rings. The van der Waals surface area contributed by atoms with Gasteiger partial charge in [0.05, 0.1) is 12.5 Å². The number of rotatable bonds is 4. The van der Waals surface area contributed by atoms with Gasteiger partial charge in [0.2, 0.25) is 0 Å². The molecule has 0 fully saturated rings. The average molecular weight is 154 g/mol. The molecule has 0 saturated carbocycles. The molecule has 0 saturated heterocycles. The fourth-order valence-corrected chi connectivity index (χ4v) is 1.04. The van der Waals surface area contributed by atoms with Gasteiger partial charge in [-0.2, -0.15) is 5.26 Å². The second kappa shape index (κ2) is 5.15. The summed E-state index contributed by atoms with van der Waals surface area (Å²) in [5, 5.41) is 8.44. The first-order valence-electron chi connectivity index (χ1n) is 4.15. The summed E-state index contributed by atoms with van der Waals surface area (Å²) in [5.74, 6) is 0.682. The molecule has 0 bridgehead atoms. The summed E-state index contributed by atoms with van der Waals surface area (Å²) in [7, 11) is 2.07. The van der Waals surface area contributed by atoms with Crippen LogP contribution in [0.3, 0.4) is 0 Å². The van der Waals surface area contributed by atoms with Crippen molar-refractivity contribution in [2.45, 2.75) is 33.2 Å². The van der Waals surface area contributed by atoms with Crippen molar-refractivity contribution < 1.29 is 0 Å². The van der Waals surface area contributed by atoms with Gasteiger partial charge in [0, 0.05) is 12.6 Å². The summed E-state index contributed by atoms with van der Waals surface area (Å²) in [5.41, 5.74) is 0. The summed E-state index contributed by atoms with van der Waals surface area (Å²) >= 11 is 0. The van der Waals surface area contributed by atoms with E-state index in [0.717, 1.165) is 6.54 Å². The SMILES string of the molecule is CC(C)CN(C)C(C)CC#N. The zero-order valence-electron chi connectivity index (χ0n) is 7.96. The van der Waals surface area contributed by atoms with Gasteiger partial charge in [-0.25, -0.2) is 0 Å².